The fourth-order valence-electron chi connectivity index (χ4n) is 5.14. The van der Waals surface area contributed by atoms with Gasteiger partial charge in [0, 0.05) is 30.9 Å². The second kappa shape index (κ2) is 11.1. The van der Waals surface area contributed by atoms with Gasteiger partial charge in [0.1, 0.15) is 0 Å². The first-order chi connectivity index (χ1) is 17.0. The summed E-state index contributed by atoms with van der Waals surface area (Å²) in [5.74, 6) is 2.89. The van der Waals surface area contributed by atoms with Crippen molar-refractivity contribution >= 4 is 11.7 Å². The van der Waals surface area contributed by atoms with Crippen LogP contribution in [0.5, 0.6) is 23.0 Å². The van der Waals surface area contributed by atoms with E-state index in [2.05, 4.69) is 29.4 Å². The molecule has 190 valence electrons. The average Bonchev–Trinajstić information content (AvgIpc) is 3.03. The molecule has 8 heteroatoms. The van der Waals surface area contributed by atoms with E-state index in [1.54, 1.807) is 28.4 Å². The molecule has 1 unspecified atom stereocenters. The second-order valence-corrected chi connectivity index (χ2v) is 9.24. The number of likely N-dealkylation sites (N-methyl/N-ethyl adjacent to an activating group) is 1. The molecule has 0 radical (unpaired) electrons. The van der Waals surface area contributed by atoms with Gasteiger partial charge in [-0.25, -0.2) is 4.79 Å². The molecule has 2 amide bonds. The molecule has 2 aliphatic rings. The summed E-state index contributed by atoms with van der Waals surface area (Å²) in [7, 11) is 8.78. The Morgan fingerprint density at radius 3 is 2.14 bits per heavy atom. The number of ether oxygens (including phenoxy) is 4. The van der Waals surface area contributed by atoms with E-state index >= 15 is 0 Å². The van der Waals surface area contributed by atoms with Crippen molar-refractivity contribution in [2.75, 3.05) is 60.4 Å². The van der Waals surface area contributed by atoms with Gasteiger partial charge in [-0.05, 0) is 80.6 Å². The number of benzene rings is 2. The Morgan fingerprint density at radius 1 is 0.886 bits per heavy atom. The molecule has 0 bridgehead atoms. The van der Waals surface area contributed by atoms with Crippen LogP contribution in [0.15, 0.2) is 24.3 Å². The average molecular weight is 484 g/mol. The Morgan fingerprint density at radius 2 is 1.49 bits per heavy atom. The summed E-state index contributed by atoms with van der Waals surface area (Å²) in [5, 5.41) is 3.05. The molecule has 1 aliphatic carbocycles. The molecular formula is C27H37N3O5. The van der Waals surface area contributed by atoms with Crippen LogP contribution in [0.4, 0.5) is 10.5 Å². The molecule has 1 heterocycles. The fraction of sp³-hybridized carbons (Fsp3) is 0.519. The number of fused-ring (bicyclic) bond motifs is 2. The first kappa shape index (κ1) is 25.0. The first-order valence-corrected chi connectivity index (χ1v) is 12.2. The summed E-state index contributed by atoms with van der Waals surface area (Å²) in [6.45, 7) is 2.33. The Kier molecular flexibility index (Phi) is 7.90. The van der Waals surface area contributed by atoms with E-state index in [0.717, 1.165) is 61.4 Å². The van der Waals surface area contributed by atoms with E-state index in [9.17, 15) is 4.79 Å². The predicted molar refractivity (Wildman–Crippen MR) is 136 cm³/mol. The van der Waals surface area contributed by atoms with Crippen LogP contribution in [0.25, 0.3) is 0 Å². The highest BCUT2D eigenvalue weighted by atomic mass is 16.5. The largest absolute Gasteiger partial charge is 0.493 e. The van der Waals surface area contributed by atoms with Gasteiger partial charge in [0.15, 0.2) is 23.0 Å². The standard InChI is InChI=1S/C27H37N3O5/c1-29(21-8-7-18-14-23(32-2)25(34-4)16-20(18)13-21)10-6-11-30-12-9-19-15-24(33-3)26(35-5)17-22(19)28-27(30)31/h14-17,21H,6-13H2,1-5H3,(H,28,31). The minimum atomic E-state index is -0.0636. The first-order valence-electron chi connectivity index (χ1n) is 12.2. The summed E-state index contributed by atoms with van der Waals surface area (Å²) in [5.41, 5.74) is 4.53. The summed E-state index contributed by atoms with van der Waals surface area (Å²) in [6, 6.07) is 8.45. The maximum absolute atomic E-state index is 12.9. The van der Waals surface area contributed by atoms with Gasteiger partial charge in [-0.3, -0.25) is 0 Å². The highest BCUT2D eigenvalue weighted by Gasteiger charge is 2.25. The second-order valence-electron chi connectivity index (χ2n) is 9.24. The van der Waals surface area contributed by atoms with Crippen molar-refractivity contribution in [3.05, 3.63) is 41.0 Å². The topological polar surface area (TPSA) is 72.5 Å². The molecular weight excluding hydrogens is 446 g/mol. The molecule has 0 fully saturated rings. The molecule has 1 aliphatic heterocycles. The predicted octanol–water partition coefficient (Wildman–Crippen LogP) is 3.99. The zero-order chi connectivity index (χ0) is 24.9. The number of carbonyl (C=O) groups is 1. The Balaban J connectivity index is 1.32. The number of anilines is 1. The number of methoxy groups -OCH3 is 4. The lowest BCUT2D eigenvalue weighted by Crippen LogP contribution is -2.40. The maximum Gasteiger partial charge on any atom is 0.321 e. The number of carbonyl (C=O) groups excluding carboxylic acids is 1. The number of hydrogen-bond acceptors (Lipinski definition) is 6. The van der Waals surface area contributed by atoms with Gasteiger partial charge in [0.05, 0.1) is 28.4 Å². The minimum absolute atomic E-state index is 0.0636. The highest BCUT2D eigenvalue weighted by Crippen LogP contribution is 2.36. The summed E-state index contributed by atoms with van der Waals surface area (Å²) in [4.78, 5) is 17.2. The minimum Gasteiger partial charge on any atom is -0.493 e. The van der Waals surface area contributed by atoms with E-state index < -0.39 is 0 Å². The Labute approximate surface area is 208 Å². The number of amides is 2. The van der Waals surface area contributed by atoms with Crippen LogP contribution in [0.3, 0.4) is 0 Å². The Hall–Kier alpha value is -3.13. The monoisotopic (exact) mass is 483 g/mol. The fourth-order valence-corrected chi connectivity index (χ4v) is 5.14. The van der Waals surface area contributed by atoms with Crippen molar-refractivity contribution in [3.8, 4) is 23.0 Å². The molecule has 35 heavy (non-hydrogen) atoms. The Bertz CT molecular complexity index is 1060. The normalized spacial score (nSPS) is 17.3. The molecule has 0 spiro atoms. The van der Waals surface area contributed by atoms with Crippen LogP contribution < -0.4 is 24.3 Å². The molecule has 8 nitrogen and oxygen atoms in total. The van der Waals surface area contributed by atoms with Crippen LogP contribution in [-0.4, -0.2) is 77.0 Å². The van der Waals surface area contributed by atoms with Crippen LogP contribution in [0, 0.1) is 0 Å². The molecule has 1 atom stereocenters. The van der Waals surface area contributed by atoms with Gasteiger partial charge in [-0.15, -0.1) is 0 Å². The number of rotatable bonds is 9. The maximum atomic E-state index is 12.9. The molecule has 2 aromatic carbocycles. The highest BCUT2D eigenvalue weighted by molar-refractivity contribution is 5.91. The third-order valence-electron chi connectivity index (χ3n) is 7.26. The van der Waals surface area contributed by atoms with Gasteiger partial charge in [-0.1, -0.05) is 0 Å². The van der Waals surface area contributed by atoms with Gasteiger partial charge in [0.25, 0.3) is 0 Å². The van der Waals surface area contributed by atoms with E-state index in [1.807, 2.05) is 17.0 Å². The van der Waals surface area contributed by atoms with Crippen molar-refractivity contribution in [2.45, 2.75) is 38.1 Å². The van der Waals surface area contributed by atoms with Gasteiger partial charge >= 0.3 is 6.03 Å². The van der Waals surface area contributed by atoms with Crippen LogP contribution in [0.2, 0.25) is 0 Å². The summed E-state index contributed by atoms with van der Waals surface area (Å²) < 4.78 is 21.8. The number of aryl methyl sites for hydroxylation is 1. The third kappa shape index (κ3) is 5.42. The lowest BCUT2D eigenvalue weighted by Gasteiger charge is -2.33. The van der Waals surface area contributed by atoms with Crippen molar-refractivity contribution in [3.63, 3.8) is 0 Å². The molecule has 0 aromatic heterocycles. The zero-order valence-corrected chi connectivity index (χ0v) is 21.5. The smallest absolute Gasteiger partial charge is 0.321 e. The number of nitrogens with one attached hydrogen (secondary N) is 1. The quantitative estimate of drug-likeness (QED) is 0.582. The lowest BCUT2D eigenvalue weighted by molar-refractivity contribution is 0.193. The lowest BCUT2D eigenvalue weighted by atomic mass is 9.87. The van der Waals surface area contributed by atoms with E-state index in [-0.39, 0.29) is 6.03 Å². The van der Waals surface area contributed by atoms with E-state index in [1.165, 1.54) is 11.1 Å². The number of nitrogens with zero attached hydrogens (tertiary/aromatic N) is 2. The van der Waals surface area contributed by atoms with Crippen molar-refractivity contribution in [2.24, 2.45) is 0 Å². The third-order valence-corrected chi connectivity index (χ3v) is 7.26. The number of hydrogen-bond donors (Lipinski definition) is 1. The van der Waals surface area contributed by atoms with E-state index in [4.69, 9.17) is 18.9 Å². The molecule has 4 rings (SSSR count). The summed E-state index contributed by atoms with van der Waals surface area (Å²) in [6.07, 6.45) is 4.83. The number of urea groups is 1. The van der Waals surface area contributed by atoms with E-state index in [0.29, 0.717) is 30.6 Å². The molecule has 2 aromatic rings. The van der Waals surface area contributed by atoms with Crippen molar-refractivity contribution in [1.29, 1.82) is 0 Å². The summed E-state index contributed by atoms with van der Waals surface area (Å²) >= 11 is 0. The zero-order valence-electron chi connectivity index (χ0n) is 21.5. The molecule has 0 saturated carbocycles. The van der Waals surface area contributed by atoms with Crippen molar-refractivity contribution in [1.82, 2.24) is 9.80 Å². The molecule has 1 N–H and O–H groups in total. The van der Waals surface area contributed by atoms with Gasteiger partial charge < -0.3 is 34.1 Å². The van der Waals surface area contributed by atoms with Crippen LogP contribution in [-0.2, 0) is 19.3 Å². The van der Waals surface area contributed by atoms with Crippen LogP contribution >= 0.6 is 0 Å². The van der Waals surface area contributed by atoms with Gasteiger partial charge in [-0.2, -0.15) is 0 Å². The van der Waals surface area contributed by atoms with Crippen molar-refractivity contribution < 1.29 is 23.7 Å². The molecule has 0 saturated heterocycles. The van der Waals surface area contributed by atoms with Gasteiger partial charge in [0.2, 0.25) is 0 Å². The van der Waals surface area contributed by atoms with Crippen LogP contribution in [0.1, 0.15) is 29.5 Å². The SMILES string of the molecule is COc1cc2c(cc1OC)CC(N(C)CCCN1CCc3cc(OC)c(OC)cc3NC1=O)CC2.